The van der Waals surface area contributed by atoms with E-state index in [-0.39, 0.29) is 0 Å². The molecule has 4 heteroatoms. The summed E-state index contributed by atoms with van der Waals surface area (Å²) in [5, 5.41) is 4.40. The van der Waals surface area contributed by atoms with Crippen molar-refractivity contribution in [2.45, 2.75) is 59.5 Å². The van der Waals surface area contributed by atoms with Crippen LogP contribution in [0.1, 0.15) is 58.3 Å². The summed E-state index contributed by atoms with van der Waals surface area (Å²) in [5.74, 6) is 0.690. The van der Waals surface area contributed by atoms with E-state index < -0.39 is 0 Å². The van der Waals surface area contributed by atoms with Crippen molar-refractivity contribution in [3.05, 3.63) is 69.6 Å². The number of rotatable bonds is 6. The smallest absolute Gasteiger partial charge is 0.0664 e. The maximum atomic E-state index is 6.45. The van der Waals surface area contributed by atoms with Gasteiger partial charge in [-0.15, -0.1) is 0 Å². The molecular weight excluding hydrogens is 378 g/mol. The molecule has 3 nitrogen and oxygen atoms in total. The van der Waals surface area contributed by atoms with Crippen LogP contribution in [0.15, 0.2) is 53.2 Å². The highest BCUT2D eigenvalue weighted by atomic mass is 35.5. The van der Waals surface area contributed by atoms with Crippen LogP contribution in [-0.4, -0.2) is 17.2 Å². The molecule has 29 heavy (non-hydrogen) atoms. The number of nitrogens with zero attached hydrogens (tertiary/aromatic N) is 1. The van der Waals surface area contributed by atoms with Gasteiger partial charge in [-0.2, -0.15) is 0 Å². The van der Waals surface area contributed by atoms with Gasteiger partial charge in [0.05, 0.1) is 16.4 Å². The Hall–Kier alpha value is -1.97. The minimum atomic E-state index is 0.490. The van der Waals surface area contributed by atoms with E-state index in [4.69, 9.17) is 17.3 Å². The van der Waals surface area contributed by atoms with E-state index in [0.29, 0.717) is 22.7 Å². The third-order valence-corrected chi connectivity index (χ3v) is 6.26. The summed E-state index contributed by atoms with van der Waals surface area (Å²) in [6, 6.07) is 2.39. The summed E-state index contributed by atoms with van der Waals surface area (Å²) in [7, 11) is 0. The van der Waals surface area contributed by atoms with Crippen molar-refractivity contribution >= 4 is 23.4 Å². The lowest BCUT2D eigenvalue weighted by Crippen LogP contribution is -2.36. The maximum Gasteiger partial charge on any atom is 0.0664 e. The van der Waals surface area contributed by atoms with E-state index in [1.165, 1.54) is 28.7 Å². The molecule has 0 fully saturated rings. The molecule has 156 valence electrons. The summed E-state index contributed by atoms with van der Waals surface area (Å²) in [5.41, 5.74) is 14.0. The van der Waals surface area contributed by atoms with E-state index in [1.807, 2.05) is 6.07 Å². The Kier molecular flexibility index (Phi) is 6.92. The van der Waals surface area contributed by atoms with Crippen LogP contribution < -0.4 is 11.1 Å². The van der Waals surface area contributed by atoms with Crippen molar-refractivity contribution in [3.63, 3.8) is 0 Å². The molecule has 3 N–H and O–H groups in total. The molecule has 2 aliphatic heterocycles. The van der Waals surface area contributed by atoms with Gasteiger partial charge >= 0.3 is 0 Å². The van der Waals surface area contributed by atoms with E-state index >= 15 is 0 Å². The number of nitrogens with one attached hydrogen (secondary N) is 1. The summed E-state index contributed by atoms with van der Waals surface area (Å²) < 4.78 is 2.13. The van der Waals surface area contributed by atoms with Crippen molar-refractivity contribution in [3.8, 4) is 0 Å². The molecule has 0 saturated heterocycles. The number of nitrogens with two attached hydrogens (primary N) is 1. The van der Waals surface area contributed by atoms with E-state index in [9.17, 15) is 0 Å². The molecule has 0 saturated carbocycles. The van der Waals surface area contributed by atoms with Crippen LogP contribution in [0, 0.1) is 5.92 Å². The van der Waals surface area contributed by atoms with Crippen molar-refractivity contribution in [2.24, 2.45) is 11.7 Å². The second-order valence-electron chi connectivity index (χ2n) is 8.51. The molecule has 1 unspecified atom stereocenters. The second-order valence-corrected chi connectivity index (χ2v) is 8.92. The highest BCUT2D eigenvalue weighted by Gasteiger charge is 2.20. The molecular formula is C25H34ClN3. The number of hydrogen-bond donors (Lipinski definition) is 2. The molecule has 1 aromatic heterocycles. The molecule has 3 heterocycles. The lowest BCUT2D eigenvalue weighted by Gasteiger charge is -2.28. The Labute approximate surface area is 180 Å². The highest BCUT2D eigenvalue weighted by molar-refractivity contribution is 6.32. The fourth-order valence-corrected chi connectivity index (χ4v) is 4.57. The normalized spacial score (nSPS) is 20.0. The zero-order valence-electron chi connectivity index (χ0n) is 18.2. The average molecular weight is 412 g/mol. The van der Waals surface area contributed by atoms with Crippen LogP contribution in [0.3, 0.4) is 0 Å². The van der Waals surface area contributed by atoms with Crippen LogP contribution in [0.25, 0.3) is 11.8 Å². The largest absolute Gasteiger partial charge is 0.398 e. The predicted octanol–water partition coefficient (Wildman–Crippen LogP) is 6.09. The topological polar surface area (TPSA) is 43.0 Å². The van der Waals surface area contributed by atoms with Crippen LogP contribution in [0.4, 0.5) is 0 Å². The molecule has 0 amide bonds. The summed E-state index contributed by atoms with van der Waals surface area (Å²) in [6.45, 7) is 14.8. The Morgan fingerprint density at radius 1 is 1.41 bits per heavy atom. The number of fused-ring (bicyclic) bond motifs is 1. The minimum Gasteiger partial charge on any atom is -0.398 e. The van der Waals surface area contributed by atoms with Crippen LogP contribution in [0.2, 0.25) is 5.02 Å². The van der Waals surface area contributed by atoms with Gasteiger partial charge in [-0.25, -0.2) is 0 Å². The Bertz CT molecular complexity index is 909. The number of halogens is 1. The first-order valence-electron chi connectivity index (χ1n) is 10.7. The molecule has 1 atom stereocenters. The van der Waals surface area contributed by atoms with Gasteiger partial charge in [0.15, 0.2) is 0 Å². The molecule has 3 rings (SSSR count). The van der Waals surface area contributed by atoms with E-state index in [0.717, 1.165) is 37.3 Å². The maximum absolute atomic E-state index is 6.45. The highest BCUT2D eigenvalue weighted by Crippen LogP contribution is 2.31. The summed E-state index contributed by atoms with van der Waals surface area (Å²) >= 11 is 6.45. The molecule has 0 radical (unpaired) electrons. The van der Waals surface area contributed by atoms with Crippen molar-refractivity contribution < 1.29 is 0 Å². The molecule has 2 aliphatic rings. The molecule has 0 bridgehead atoms. The van der Waals surface area contributed by atoms with Crippen LogP contribution in [0.5, 0.6) is 0 Å². The van der Waals surface area contributed by atoms with Gasteiger partial charge in [0.2, 0.25) is 0 Å². The Morgan fingerprint density at radius 2 is 2.17 bits per heavy atom. The van der Waals surface area contributed by atoms with Gasteiger partial charge < -0.3 is 15.6 Å². The van der Waals surface area contributed by atoms with Gasteiger partial charge in [0.1, 0.15) is 0 Å². The lowest BCUT2D eigenvalue weighted by atomic mass is 9.88. The van der Waals surface area contributed by atoms with Crippen LogP contribution >= 0.6 is 11.6 Å². The average Bonchev–Trinajstić information content (AvgIpc) is 2.84. The first-order valence-corrected chi connectivity index (χ1v) is 11.1. The van der Waals surface area contributed by atoms with Crippen molar-refractivity contribution in [2.75, 3.05) is 6.54 Å². The zero-order chi connectivity index (χ0) is 21.1. The Morgan fingerprint density at radius 3 is 2.83 bits per heavy atom. The van der Waals surface area contributed by atoms with E-state index in [1.54, 1.807) is 0 Å². The Balaban J connectivity index is 1.92. The van der Waals surface area contributed by atoms with Gasteiger partial charge in [0.25, 0.3) is 0 Å². The predicted molar refractivity (Wildman–Crippen MR) is 127 cm³/mol. The number of hydrogen-bond acceptors (Lipinski definition) is 2. The molecule has 0 aromatic carbocycles. The first-order chi connectivity index (χ1) is 13.8. The van der Waals surface area contributed by atoms with Gasteiger partial charge in [-0.3, -0.25) is 0 Å². The third kappa shape index (κ3) is 4.79. The van der Waals surface area contributed by atoms with Crippen molar-refractivity contribution in [1.82, 2.24) is 9.88 Å². The van der Waals surface area contributed by atoms with E-state index in [2.05, 4.69) is 68.5 Å². The summed E-state index contributed by atoms with van der Waals surface area (Å²) in [6.07, 6.45) is 12.2. The SMILES string of the molecule is C=C(N)c1cc(Cl)c2n1CC=C(/C(=C/C1=C(C)C(CC(C)C)NCC1)CC)C=C2. The second kappa shape index (κ2) is 9.23. The molecule has 0 aliphatic carbocycles. The quantitative estimate of drug-likeness (QED) is 0.595. The minimum absolute atomic E-state index is 0.490. The zero-order valence-corrected chi connectivity index (χ0v) is 18.9. The van der Waals surface area contributed by atoms with Gasteiger partial charge in [0, 0.05) is 18.3 Å². The number of allylic oxidation sites excluding steroid dienone is 5. The number of aromatic nitrogens is 1. The lowest BCUT2D eigenvalue weighted by molar-refractivity contribution is 0.443. The van der Waals surface area contributed by atoms with Gasteiger partial charge in [-0.1, -0.05) is 62.8 Å². The van der Waals surface area contributed by atoms with Crippen molar-refractivity contribution in [1.29, 1.82) is 0 Å². The monoisotopic (exact) mass is 411 g/mol. The fourth-order valence-electron chi connectivity index (χ4n) is 4.30. The summed E-state index contributed by atoms with van der Waals surface area (Å²) in [4.78, 5) is 0. The molecule has 0 spiro atoms. The van der Waals surface area contributed by atoms with Crippen LogP contribution in [-0.2, 0) is 6.54 Å². The standard InChI is InChI=1S/C25H34ClN3/c1-6-19(14-21-9-11-28-23(17(21)4)13-16(2)3)20-7-8-24-22(26)15-25(18(5)27)29(24)12-10-20/h7-8,10,14-16,23,28H,5-6,9,11-13,27H2,1-4H3/b19-14+. The fraction of sp³-hybridized carbons (Fsp3) is 0.440. The molecule has 1 aromatic rings. The third-order valence-electron chi connectivity index (χ3n) is 5.95. The van der Waals surface area contributed by atoms with Gasteiger partial charge in [-0.05, 0) is 67.5 Å². The first kappa shape index (κ1) is 21.7.